The predicted octanol–water partition coefficient (Wildman–Crippen LogP) is 4.43. The minimum Gasteiger partial charge on any atom is -0.462 e. The summed E-state index contributed by atoms with van der Waals surface area (Å²) in [5.74, 6) is -1.58. The fourth-order valence-corrected chi connectivity index (χ4v) is 5.28. The van der Waals surface area contributed by atoms with E-state index in [1.807, 2.05) is 0 Å². The highest BCUT2D eigenvalue weighted by atomic mass is 32.1. The summed E-state index contributed by atoms with van der Waals surface area (Å²) in [4.78, 5) is 49.8. The van der Waals surface area contributed by atoms with Crippen molar-refractivity contribution < 1.29 is 24.0 Å². The van der Waals surface area contributed by atoms with E-state index in [0.29, 0.717) is 28.4 Å². The molecule has 2 heterocycles. The van der Waals surface area contributed by atoms with Crippen LogP contribution < -0.4 is 10.6 Å². The number of fused-ring (bicyclic) bond motifs is 1. The summed E-state index contributed by atoms with van der Waals surface area (Å²) in [6.45, 7) is 4.11. The lowest BCUT2D eigenvalue weighted by Crippen LogP contribution is -2.16. The first-order chi connectivity index (χ1) is 17.3. The molecule has 36 heavy (non-hydrogen) atoms. The average molecular weight is 512 g/mol. The van der Waals surface area contributed by atoms with Crippen LogP contribution in [0.15, 0.2) is 30.5 Å². The van der Waals surface area contributed by atoms with Crippen LogP contribution in [0.1, 0.15) is 68.3 Å². The van der Waals surface area contributed by atoms with Crippen molar-refractivity contribution in [2.24, 2.45) is 0 Å². The number of anilines is 2. The van der Waals surface area contributed by atoms with Crippen molar-refractivity contribution in [3.63, 3.8) is 0 Å². The van der Waals surface area contributed by atoms with Gasteiger partial charge in [0, 0.05) is 22.7 Å². The molecule has 3 aromatic rings. The Morgan fingerprint density at radius 3 is 2.50 bits per heavy atom. The van der Waals surface area contributed by atoms with Gasteiger partial charge in [0.2, 0.25) is 5.69 Å². The second-order valence-electron chi connectivity index (χ2n) is 8.10. The van der Waals surface area contributed by atoms with Crippen molar-refractivity contribution in [3.8, 4) is 0 Å². The molecular formula is C24H25N5O6S. The lowest BCUT2D eigenvalue weighted by Gasteiger charge is -2.12. The Bertz CT molecular complexity index is 1330. The van der Waals surface area contributed by atoms with Crippen LogP contribution in [-0.2, 0) is 24.1 Å². The van der Waals surface area contributed by atoms with E-state index < -0.39 is 22.7 Å². The standard InChI is InChI=1S/C24H25N5O6S/c1-3-28-13-17(29(33)34)20(27-28)22(31)25-15-11-9-14(10-12-15)21(30)26-23-19(24(32)35-4-2)16-7-5-6-8-18(16)36-23/h9-13H,3-8H2,1-2H3,(H,25,31)(H,26,30). The summed E-state index contributed by atoms with van der Waals surface area (Å²) in [6, 6.07) is 6.06. The molecule has 0 radical (unpaired) electrons. The van der Waals surface area contributed by atoms with Gasteiger partial charge in [0.25, 0.3) is 11.8 Å². The number of aryl methyl sites for hydroxylation is 2. The van der Waals surface area contributed by atoms with Crippen LogP contribution in [0, 0.1) is 10.1 Å². The zero-order valence-corrected chi connectivity index (χ0v) is 20.6. The van der Waals surface area contributed by atoms with Crippen LogP contribution in [0.2, 0.25) is 0 Å². The first-order valence-corrected chi connectivity index (χ1v) is 12.4. The summed E-state index contributed by atoms with van der Waals surface area (Å²) in [5.41, 5.74) is 1.36. The van der Waals surface area contributed by atoms with Crippen molar-refractivity contribution >= 4 is 45.5 Å². The SMILES string of the molecule is CCOC(=O)c1c(NC(=O)c2ccc(NC(=O)c3nn(CC)cc3[N+](=O)[O-])cc2)sc2c1CCCC2. The summed E-state index contributed by atoms with van der Waals surface area (Å²) in [5, 5.41) is 21.1. The van der Waals surface area contributed by atoms with Gasteiger partial charge in [-0.15, -0.1) is 11.3 Å². The van der Waals surface area contributed by atoms with Gasteiger partial charge in [-0.1, -0.05) is 0 Å². The molecule has 4 rings (SSSR count). The van der Waals surface area contributed by atoms with Crippen molar-refractivity contribution in [2.75, 3.05) is 17.2 Å². The smallest absolute Gasteiger partial charge is 0.341 e. The zero-order chi connectivity index (χ0) is 25.8. The number of benzene rings is 1. The van der Waals surface area contributed by atoms with Gasteiger partial charge >= 0.3 is 11.7 Å². The van der Waals surface area contributed by atoms with Gasteiger partial charge in [-0.05, 0) is 69.4 Å². The molecule has 0 spiro atoms. The number of nitrogens with zero attached hydrogens (tertiary/aromatic N) is 3. The van der Waals surface area contributed by atoms with Crippen LogP contribution in [0.5, 0.6) is 0 Å². The molecule has 0 bridgehead atoms. The largest absolute Gasteiger partial charge is 0.462 e. The van der Waals surface area contributed by atoms with Crippen molar-refractivity contribution in [3.05, 3.63) is 67.8 Å². The first-order valence-electron chi connectivity index (χ1n) is 11.6. The molecular weight excluding hydrogens is 486 g/mol. The van der Waals surface area contributed by atoms with Gasteiger partial charge in [-0.3, -0.25) is 24.4 Å². The van der Waals surface area contributed by atoms with Gasteiger partial charge in [0.15, 0.2) is 0 Å². The second-order valence-corrected chi connectivity index (χ2v) is 9.20. The Hall–Kier alpha value is -4.06. The van der Waals surface area contributed by atoms with E-state index in [4.69, 9.17) is 4.74 Å². The monoisotopic (exact) mass is 511 g/mol. The molecule has 11 nitrogen and oxygen atoms in total. The van der Waals surface area contributed by atoms with Crippen LogP contribution in [-0.4, -0.2) is 39.1 Å². The Kier molecular flexibility index (Phi) is 7.44. The topological polar surface area (TPSA) is 145 Å². The number of esters is 1. The maximum absolute atomic E-state index is 12.9. The van der Waals surface area contributed by atoms with Crippen LogP contribution >= 0.6 is 11.3 Å². The number of ether oxygens (including phenoxy) is 1. The van der Waals surface area contributed by atoms with Gasteiger partial charge < -0.3 is 15.4 Å². The quantitative estimate of drug-likeness (QED) is 0.258. The lowest BCUT2D eigenvalue weighted by molar-refractivity contribution is -0.385. The highest BCUT2D eigenvalue weighted by Gasteiger charge is 2.28. The molecule has 0 unspecified atom stereocenters. The van der Waals surface area contributed by atoms with Gasteiger partial charge in [-0.25, -0.2) is 4.79 Å². The third-order valence-electron chi connectivity index (χ3n) is 5.76. The number of rotatable bonds is 8. The molecule has 2 N–H and O–H groups in total. The zero-order valence-electron chi connectivity index (χ0n) is 19.8. The Morgan fingerprint density at radius 2 is 1.83 bits per heavy atom. The maximum atomic E-state index is 12.9. The number of hydrogen-bond acceptors (Lipinski definition) is 8. The number of carbonyl (C=O) groups excluding carboxylic acids is 3. The summed E-state index contributed by atoms with van der Waals surface area (Å²) < 4.78 is 6.54. The summed E-state index contributed by atoms with van der Waals surface area (Å²) >= 11 is 1.40. The molecule has 188 valence electrons. The maximum Gasteiger partial charge on any atom is 0.341 e. The van der Waals surface area contributed by atoms with E-state index in [2.05, 4.69) is 15.7 Å². The summed E-state index contributed by atoms with van der Waals surface area (Å²) in [7, 11) is 0. The van der Waals surface area contributed by atoms with E-state index in [9.17, 15) is 24.5 Å². The lowest BCUT2D eigenvalue weighted by atomic mass is 9.95. The van der Waals surface area contributed by atoms with Gasteiger partial charge in [0.05, 0.1) is 17.1 Å². The molecule has 2 amide bonds. The minimum absolute atomic E-state index is 0.242. The van der Waals surface area contributed by atoms with Crippen LogP contribution in [0.3, 0.4) is 0 Å². The Labute approximate surface area is 210 Å². The molecule has 0 saturated carbocycles. The van der Waals surface area contributed by atoms with E-state index in [-0.39, 0.29) is 18.0 Å². The highest BCUT2D eigenvalue weighted by molar-refractivity contribution is 7.17. The van der Waals surface area contributed by atoms with Gasteiger partial charge in [0.1, 0.15) is 11.2 Å². The van der Waals surface area contributed by atoms with E-state index in [1.54, 1.807) is 13.8 Å². The van der Waals surface area contributed by atoms with Crippen molar-refractivity contribution in [1.29, 1.82) is 0 Å². The van der Waals surface area contributed by atoms with Crippen molar-refractivity contribution in [1.82, 2.24) is 9.78 Å². The number of aromatic nitrogens is 2. The molecule has 0 saturated heterocycles. The van der Waals surface area contributed by atoms with Crippen molar-refractivity contribution in [2.45, 2.75) is 46.1 Å². The Balaban J connectivity index is 1.49. The molecule has 12 heteroatoms. The predicted molar refractivity (Wildman–Crippen MR) is 134 cm³/mol. The number of hydrogen-bond donors (Lipinski definition) is 2. The van der Waals surface area contributed by atoms with E-state index in [0.717, 1.165) is 36.1 Å². The third-order valence-corrected chi connectivity index (χ3v) is 6.97. The minimum atomic E-state index is -0.727. The molecule has 0 fully saturated rings. The molecule has 1 aromatic carbocycles. The fraction of sp³-hybridized carbons (Fsp3) is 0.333. The number of nitrogens with one attached hydrogen (secondary N) is 2. The number of nitro groups is 1. The molecule has 0 atom stereocenters. The normalized spacial score (nSPS) is 12.5. The second kappa shape index (κ2) is 10.7. The third kappa shape index (κ3) is 5.13. The highest BCUT2D eigenvalue weighted by Crippen LogP contribution is 2.38. The molecule has 1 aliphatic carbocycles. The molecule has 2 aromatic heterocycles. The Morgan fingerprint density at radius 1 is 1.11 bits per heavy atom. The number of carbonyl (C=O) groups is 3. The molecule has 0 aliphatic heterocycles. The van der Waals surface area contributed by atoms with E-state index >= 15 is 0 Å². The summed E-state index contributed by atoms with van der Waals surface area (Å²) in [6.07, 6.45) is 4.87. The van der Waals surface area contributed by atoms with Crippen LogP contribution in [0.4, 0.5) is 16.4 Å². The van der Waals surface area contributed by atoms with Crippen LogP contribution in [0.25, 0.3) is 0 Å². The number of thiophene rings is 1. The average Bonchev–Trinajstić information content (AvgIpc) is 3.46. The fourth-order valence-electron chi connectivity index (χ4n) is 4.01. The molecule has 1 aliphatic rings. The first kappa shape index (κ1) is 25.0. The van der Waals surface area contributed by atoms with Gasteiger partial charge in [-0.2, -0.15) is 5.10 Å². The van der Waals surface area contributed by atoms with E-state index in [1.165, 1.54) is 46.5 Å². The number of amides is 2.